The highest BCUT2D eigenvalue weighted by Gasteiger charge is 2.19. The summed E-state index contributed by atoms with van der Waals surface area (Å²) in [6.07, 6.45) is 3.07. The quantitative estimate of drug-likeness (QED) is 0.820. The third kappa shape index (κ3) is 4.27. The Morgan fingerprint density at radius 2 is 2.04 bits per heavy atom. The molecule has 1 aliphatic heterocycles. The largest absolute Gasteiger partial charge is 0.348 e. The molecular formula is C18H22ClFN4O. The van der Waals surface area contributed by atoms with Crippen molar-refractivity contribution in [1.82, 2.24) is 20.4 Å². The van der Waals surface area contributed by atoms with Crippen LogP contribution in [-0.2, 0) is 0 Å². The number of halogens is 2. The van der Waals surface area contributed by atoms with Gasteiger partial charge >= 0.3 is 0 Å². The number of aromatic nitrogens is 2. The van der Waals surface area contributed by atoms with Crippen molar-refractivity contribution in [3.8, 4) is 5.69 Å². The Kier molecular flexibility index (Phi) is 6.33. The van der Waals surface area contributed by atoms with Gasteiger partial charge in [-0.2, -0.15) is 5.10 Å². The zero-order chi connectivity index (χ0) is 17.1. The molecule has 1 aromatic heterocycles. The fourth-order valence-electron chi connectivity index (χ4n) is 2.92. The molecule has 0 spiro atoms. The van der Waals surface area contributed by atoms with E-state index in [1.165, 1.54) is 17.7 Å². The molecule has 0 aliphatic carbocycles. The van der Waals surface area contributed by atoms with Gasteiger partial charge in [0.1, 0.15) is 5.82 Å². The highest BCUT2D eigenvalue weighted by atomic mass is 35.5. The molecule has 2 N–H and O–H groups in total. The Morgan fingerprint density at radius 3 is 2.68 bits per heavy atom. The van der Waals surface area contributed by atoms with E-state index in [0.29, 0.717) is 17.8 Å². The van der Waals surface area contributed by atoms with Crippen LogP contribution in [-0.4, -0.2) is 35.3 Å². The molecule has 2 aromatic rings. The lowest BCUT2D eigenvalue weighted by Crippen LogP contribution is -2.30. The molecule has 134 valence electrons. The molecule has 0 radical (unpaired) electrons. The number of aryl methyl sites for hydroxylation is 1. The summed E-state index contributed by atoms with van der Waals surface area (Å²) in [5.41, 5.74) is 3.96. The number of hydrogen-bond donors (Lipinski definition) is 2. The minimum atomic E-state index is -0.298. The Morgan fingerprint density at radius 1 is 1.32 bits per heavy atom. The van der Waals surface area contributed by atoms with Crippen molar-refractivity contribution in [3.05, 3.63) is 58.7 Å². The van der Waals surface area contributed by atoms with Crippen molar-refractivity contribution in [3.63, 3.8) is 0 Å². The van der Waals surface area contributed by atoms with Gasteiger partial charge in [0.05, 0.1) is 22.6 Å². The van der Waals surface area contributed by atoms with E-state index < -0.39 is 0 Å². The second kappa shape index (κ2) is 8.27. The van der Waals surface area contributed by atoms with E-state index >= 15 is 0 Å². The number of hydrogen-bond acceptors (Lipinski definition) is 3. The van der Waals surface area contributed by atoms with Crippen molar-refractivity contribution in [2.75, 3.05) is 19.6 Å². The van der Waals surface area contributed by atoms with Gasteiger partial charge in [-0.3, -0.25) is 4.79 Å². The SMILES string of the molecule is Cc1nn(-c2ccc(F)cc2)c(C)c1C(=O)NCC1=CCNCC1.Cl. The Bertz CT molecular complexity index is 783. The van der Waals surface area contributed by atoms with Crippen LogP contribution in [0.4, 0.5) is 4.39 Å². The number of nitrogens with one attached hydrogen (secondary N) is 2. The Balaban J connectivity index is 0.00000225. The predicted molar refractivity (Wildman–Crippen MR) is 98.1 cm³/mol. The average molecular weight is 365 g/mol. The molecule has 2 heterocycles. The van der Waals surface area contributed by atoms with Crippen LogP contribution in [0.1, 0.15) is 28.2 Å². The monoisotopic (exact) mass is 364 g/mol. The van der Waals surface area contributed by atoms with Crippen LogP contribution in [0.15, 0.2) is 35.9 Å². The lowest BCUT2D eigenvalue weighted by molar-refractivity contribution is 0.0955. The normalized spacial score (nSPS) is 13.8. The van der Waals surface area contributed by atoms with E-state index in [0.717, 1.165) is 30.9 Å². The first kappa shape index (κ1) is 19.1. The predicted octanol–water partition coefficient (Wildman–Crippen LogP) is 2.70. The van der Waals surface area contributed by atoms with Crippen LogP contribution in [0.3, 0.4) is 0 Å². The third-order valence-corrected chi connectivity index (χ3v) is 4.22. The Labute approximate surface area is 152 Å². The van der Waals surface area contributed by atoms with Crippen molar-refractivity contribution in [1.29, 1.82) is 0 Å². The molecule has 0 saturated heterocycles. The number of benzene rings is 1. The number of amides is 1. The van der Waals surface area contributed by atoms with Gasteiger partial charge in [0, 0.05) is 13.1 Å². The topological polar surface area (TPSA) is 59.0 Å². The summed E-state index contributed by atoms with van der Waals surface area (Å²) in [7, 11) is 0. The standard InChI is InChI=1S/C18H21FN4O.ClH/c1-12-17(18(24)21-11-14-7-9-20-10-8-14)13(2)23(22-12)16-5-3-15(19)4-6-16;/h3-7,20H,8-11H2,1-2H3,(H,21,24);1H. The van der Waals surface area contributed by atoms with Gasteiger partial charge in [0.25, 0.3) is 5.91 Å². The highest BCUT2D eigenvalue weighted by molar-refractivity contribution is 5.96. The van der Waals surface area contributed by atoms with Gasteiger partial charge in [0.15, 0.2) is 0 Å². The molecule has 5 nitrogen and oxygen atoms in total. The third-order valence-electron chi connectivity index (χ3n) is 4.22. The molecule has 1 aromatic carbocycles. The van der Waals surface area contributed by atoms with Crippen molar-refractivity contribution in [2.24, 2.45) is 0 Å². The van der Waals surface area contributed by atoms with Crippen LogP contribution in [0.5, 0.6) is 0 Å². The number of nitrogens with zero attached hydrogens (tertiary/aromatic N) is 2. The first-order valence-electron chi connectivity index (χ1n) is 8.05. The summed E-state index contributed by atoms with van der Waals surface area (Å²) in [4.78, 5) is 12.6. The van der Waals surface area contributed by atoms with E-state index in [1.807, 2.05) is 13.8 Å². The zero-order valence-electron chi connectivity index (χ0n) is 14.3. The maximum Gasteiger partial charge on any atom is 0.255 e. The molecule has 25 heavy (non-hydrogen) atoms. The molecule has 7 heteroatoms. The summed E-state index contributed by atoms with van der Waals surface area (Å²) in [5, 5.41) is 10.7. The number of carbonyl (C=O) groups is 1. The average Bonchev–Trinajstić information content (AvgIpc) is 2.89. The van der Waals surface area contributed by atoms with E-state index in [4.69, 9.17) is 0 Å². The van der Waals surface area contributed by atoms with E-state index in [2.05, 4.69) is 21.8 Å². The Hall–Kier alpha value is -2.18. The van der Waals surface area contributed by atoms with Crippen molar-refractivity contribution < 1.29 is 9.18 Å². The minimum absolute atomic E-state index is 0. The molecule has 0 unspecified atom stereocenters. The van der Waals surface area contributed by atoms with Gasteiger partial charge in [-0.1, -0.05) is 11.6 Å². The summed E-state index contributed by atoms with van der Waals surface area (Å²) in [6, 6.07) is 6.07. The van der Waals surface area contributed by atoms with Gasteiger partial charge in [0.2, 0.25) is 0 Å². The van der Waals surface area contributed by atoms with Crippen molar-refractivity contribution >= 4 is 18.3 Å². The molecule has 1 amide bonds. The minimum Gasteiger partial charge on any atom is -0.348 e. The second-order valence-electron chi connectivity index (χ2n) is 5.93. The van der Waals surface area contributed by atoms with E-state index in [9.17, 15) is 9.18 Å². The summed E-state index contributed by atoms with van der Waals surface area (Å²) in [5.74, 6) is -0.425. The molecule has 3 rings (SSSR count). The van der Waals surface area contributed by atoms with Crippen LogP contribution in [0, 0.1) is 19.7 Å². The molecular weight excluding hydrogens is 343 g/mol. The zero-order valence-corrected chi connectivity index (χ0v) is 15.1. The molecule has 0 bridgehead atoms. The molecule has 0 saturated carbocycles. The van der Waals surface area contributed by atoms with Gasteiger partial charge in [-0.05, 0) is 51.1 Å². The van der Waals surface area contributed by atoms with E-state index in [1.54, 1.807) is 16.8 Å². The maximum atomic E-state index is 13.1. The smallest absolute Gasteiger partial charge is 0.255 e. The summed E-state index contributed by atoms with van der Waals surface area (Å²) >= 11 is 0. The fraction of sp³-hybridized carbons (Fsp3) is 0.333. The molecule has 0 atom stereocenters. The first-order chi connectivity index (χ1) is 11.6. The lowest BCUT2D eigenvalue weighted by Gasteiger charge is -2.14. The first-order valence-corrected chi connectivity index (χ1v) is 8.05. The molecule has 0 fully saturated rings. The van der Waals surface area contributed by atoms with Crippen LogP contribution in [0.25, 0.3) is 5.69 Å². The van der Waals surface area contributed by atoms with Crippen LogP contribution < -0.4 is 10.6 Å². The second-order valence-corrected chi connectivity index (χ2v) is 5.93. The van der Waals surface area contributed by atoms with E-state index in [-0.39, 0.29) is 24.1 Å². The number of rotatable bonds is 4. The van der Waals surface area contributed by atoms with Gasteiger partial charge < -0.3 is 10.6 Å². The fourth-order valence-corrected chi connectivity index (χ4v) is 2.92. The van der Waals surface area contributed by atoms with Crippen molar-refractivity contribution in [2.45, 2.75) is 20.3 Å². The van der Waals surface area contributed by atoms with Crippen LogP contribution >= 0.6 is 12.4 Å². The summed E-state index contributed by atoms with van der Waals surface area (Å²) < 4.78 is 14.8. The summed E-state index contributed by atoms with van der Waals surface area (Å²) in [6.45, 7) is 6.02. The molecule has 1 aliphatic rings. The number of carbonyl (C=O) groups excluding carboxylic acids is 1. The lowest BCUT2D eigenvalue weighted by atomic mass is 10.1. The maximum absolute atomic E-state index is 13.1. The highest BCUT2D eigenvalue weighted by Crippen LogP contribution is 2.18. The van der Waals surface area contributed by atoms with Crippen LogP contribution in [0.2, 0.25) is 0 Å². The van der Waals surface area contributed by atoms with Gasteiger partial charge in [-0.25, -0.2) is 9.07 Å². The van der Waals surface area contributed by atoms with Gasteiger partial charge in [-0.15, -0.1) is 12.4 Å².